The van der Waals surface area contributed by atoms with Crippen molar-refractivity contribution in [3.8, 4) is 0 Å². The minimum absolute atomic E-state index is 0.105. The van der Waals surface area contributed by atoms with Crippen LogP contribution in [0.2, 0.25) is 0 Å². The molecule has 5 nitrogen and oxygen atoms in total. The predicted octanol–water partition coefficient (Wildman–Crippen LogP) is 3.10. The molecule has 0 saturated carbocycles. The summed E-state index contributed by atoms with van der Waals surface area (Å²) in [6.07, 6.45) is 0. The number of thiophene rings is 1. The third kappa shape index (κ3) is 4.66. The van der Waals surface area contributed by atoms with E-state index in [9.17, 15) is 13.2 Å². The van der Waals surface area contributed by atoms with E-state index in [-0.39, 0.29) is 16.8 Å². The van der Waals surface area contributed by atoms with E-state index in [1.807, 2.05) is 24.4 Å². The van der Waals surface area contributed by atoms with Crippen LogP contribution in [0.5, 0.6) is 0 Å². The van der Waals surface area contributed by atoms with E-state index in [1.54, 1.807) is 42.2 Å². The molecule has 2 aromatic rings. The SMILES string of the molecule is CCN(Cc1cccs1)C(=O)c1ccc(S(=O)(=O)NC(C)C)cc1. The largest absolute Gasteiger partial charge is 0.334 e. The lowest BCUT2D eigenvalue weighted by Crippen LogP contribution is -2.31. The van der Waals surface area contributed by atoms with Gasteiger partial charge in [-0.3, -0.25) is 4.79 Å². The van der Waals surface area contributed by atoms with Crippen molar-refractivity contribution in [2.45, 2.75) is 38.3 Å². The van der Waals surface area contributed by atoms with E-state index in [0.717, 1.165) is 4.88 Å². The van der Waals surface area contributed by atoms with Crippen LogP contribution in [-0.4, -0.2) is 31.8 Å². The Balaban J connectivity index is 2.15. The molecule has 1 heterocycles. The second-order valence-corrected chi connectivity index (χ2v) is 8.45. The zero-order chi connectivity index (χ0) is 17.7. The maximum Gasteiger partial charge on any atom is 0.254 e. The van der Waals surface area contributed by atoms with Gasteiger partial charge in [0.15, 0.2) is 0 Å². The zero-order valence-corrected chi connectivity index (χ0v) is 15.7. The van der Waals surface area contributed by atoms with Gasteiger partial charge in [-0.25, -0.2) is 13.1 Å². The van der Waals surface area contributed by atoms with Gasteiger partial charge in [-0.15, -0.1) is 11.3 Å². The highest BCUT2D eigenvalue weighted by atomic mass is 32.2. The molecule has 0 aliphatic heterocycles. The number of nitrogens with one attached hydrogen (secondary N) is 1. The van der Waals surface area contributed by atoms with E-state index >= 15 is 0 Å². The molecule has 2 rings (SSSR count). The van der Waals surface area contributed by atoms with Gasteiger partial charge in [-0.05, 0) is 56.5 Å². The Morgan fingerprint density at radius 3 is 2.38 bits per heavy atom. The number of hydrogen-bond donors (Lipinski definition) is 1. The third-order valence-corrected chi connectivity index (χ3v) is 5.93. The van der Waals surface area contributed by atoms with Crippen LogP contribution < -0.4 is 4.72 Å². The van der Waals surface area contributed by atoms with Crippen molar-refractivity contribution >= 4 is 27.3 Å². The summed E-state index contributed by atoms with van der Waals surface area (Å²) in [6.45, 7) is 6.60. The molecule has 0 spiro atoms. The fraction of sp³-hybridized carbons (Fsp3) is 0.353. The molecule has 0 bridgehead atoms. The number of carbonyl (C=O) groups is 1. The Kier molecular flexibility index (Phi) is 6.15. The van der Waals surface area contributed by atoms with Crippen molar-refractivity contribution in [2.75, 3.05) is 6.54 Å². The summed E-state index contributed by atoms with van der Waals surface area (Å²) in [7, 11) is -3.54. The van der Waals surface area contributed by atoms with E-state index in [4.69, 9.17) is 0 Å². The van der Waals surface area contributed by atoms with Crippen molar-refractivity contribution in [2.24, 2.45) is 0 Å². The Hall–Kier alpha value is -1.70. The number of hydrogen-bond acceptors (Lipinski definition) is 4. The quantitative estimate of drug-likeness (QED) is 0.819. The average Bonchev–Trinajstić information content (AvgIpc) is 3.04. The van der Waals surface area contributed by atoms with Gasteiger partial charge < -0.3 is 4.90 Å². The van der Waals surface area contributed by atoms with Crippen molar-refractivity contribution in [3.05, 3.63) is 52.2 Å². The molecule has 0 saturated heterocycles. The van der Waals surface area contributed by atoms with Crippen LogP contribution in [0.15, 0.2) is 46.7 Å². The van der Waals surface area contributed by atoms with Crippen LogP contribution in [0, 0.1) is 0 Å². The van der Waals surface area contributed by atoms with Crippen molar-refractivity contribution in [1.29, 1.82) is 0 Å². The first-order valence-corrected chi connectivity index (χ1v) is 10.1. The third-order valence-electron chi connectivity index (χ3n) is 3.40. The highest BCUT2D eigenvalue weighted by Gasteiger charge is 2.18. The number of rotatable bonds is 7. The van der Waals surface area contributed by atoms with Crippen LogP contribution in [0.1, 0.15) is 36.0 Å². The molecule has 0 radical (unpaired) electrons. The van der Waals surface area contributed by atoms with Crippen LogP contribution in [0.25, 0.3) is 0 Å². The van der Waals surface area contributed by atoms with Gasteiger partial charge in [0.25, 0.3) is 5.91 Å². The average molecular weight is 367 g/mol. The normalized spacial score (nSPS) is 11.7. The fourth-order valence-corrected chi connectivity index (χ4v) is 4.23. The lowest BCUT2D eigenvalue weighted by atomic mass is 10.2. The smallest absolute Gasteiger partial charge is 0.254 e. The standard InChI is InChI=1S/C17H22N2O3S2/c1-4-19(12-15-6-5-11-23-15)17(20)14-7-9-16(10-8-14)24(21,22)18-13(2)3/h5-11,13,18H,4,12H2,1-3H3. The number of carbonyl (C=O) groups excluding carboxylic acids is 1. The van der Waals surface area contributed by atoms with Gasteiger partial charge >= 0.3 is 0 Å². The number of amides is 1. The summed E-state index contributed by atoms with van der Waals surface area (Å²) in [5.41, 5.74) is 0.483. The number of sulfonamides is 1. The van der Waals surface area contributed by atoms with E-state index < -0.39 is 10.0 Å². The monoisotopic (exact) mass is 366 g/mol. The Morgan fingerprint density at radius 2 is 1.88 bits per heavy atom. The second kappa shape index (κ2) is 7.92. The molecule has 1 aromatic heterocycles. The minimum atomic E-state index is -3.54. The molecule has 0 aliphatic rings. The van der Waals surface area contributed by atoms with Crippen molar-refractivity contribution in [1.82, 2.24) is 9.62 Å². The molecule has 0 fully saturated rings. The predicted molar refractivity (Wildman–Crippen MR) is 96.6 cm³/mol. The molecule has 1 amide bonds. The second-order valence-electron chi connectivity index (χ2n) is 5.70. The topological polar surface area (TPSA) is 66.5 Å². The number of nitrogens with zero attached hydrogens (tertiary/aromatic N) is 1. The molecule has 130 valence electrons. The summed E-state index contributed by atoms with van der Waals surface area (Å²) in [4.78, 5) is 15.6. The lowest BCUT2D eigenvalue weighted by molar-refractivity contribution is 0.0754. The van der Waals surface area contributed by atoms with Gasteiger partial charge in [-0.1, -0.05) is 6.07 Å². The molecule has 7 heteroatoms. The number of benzene rings is 1. The van der Waals surface area contributed by atoms with Gasteiger partial charge in [0.1, 0.15) is 0 Å². The Bertz CT molecular complexity index is 767. The lowest BCUT2D eigenvalue weighted by Gasteiger charge is -2.20. The van der Waals surface area contributed by atoms with Gasteiger partial charge in [0, 0.05) is 23.0 Å². The van der Waals surface area contributed by atoms with Gasteiger partial charge in [0.05, 0.1) is 11.4 Å². The van der Waals surface area contributed by atoms with Gasteiger partial charge in [-0.2, -0.15) is 0 Å². The zero-order valence-electron chi connectivity index (χ0n) is 14.0. The summed E-state index contributed by atoms with van der Waals surface area (Å²) >= 11 is 1.61. The molecule has 0 aliphatic carbocycles. The van der Waals surface area contributed by atoms with Crippen molar-refractivity contribution in [3.63, 3.8) is 0 Å². The maximum absolute atomic E-state index is 12.6. The van der Waals surface area contributed by atoms with E-state index in [1.165, 1.54) is 12.1 Å². The molecular formula is C17H22N2O3S2. The summed E-state index contributed by atoms with van der Waals surface area (Å²) in [5, 5.41) is 1.98. The molecule has 0 unspecified atom stereocenters. The van der Waals surface area contributed by atoms with Crippen LogP contribution in [-0.2, 0) is 16.6 Å². The van der Waals surface area contributed by atoms with Crippen LogP contribution in [0.3, 0.4) is 0 Å². The molecular weight excluding hydrogens is 344 g/mol. The summed E-state index contributed by atoms with van der Waals surface area (Å²) in [6, 6.07) is 9.84. The first-order chi connectivity index (χ1) is 11.3. The molecule has 24 heavy (non-hydrogen) atoms. The highest BCUT2D eigenvalue weighted by molar-refractivity contribution is 7.89. The minimum Gasteiger partial charge on any atom is -0.334 e. The summed E-state index contributed by atoms with van der Waals surface area (Å²) < 4.78 is 26.8. The molecule has 1 aromatic carbocycles. The fourth-order valence-electron chi connectivity index (χ4n) is 2.26. The Labute approximate surface area is 147 Å². The summed E-state index contributed by atoms with van der Waals surface area (Å²) in [5.74, 6) is -0.105. The first-order valence-electron chi connectivity index (χ1n) is 7.77. The molecule has 0 atom stereocenters. The Morgan fingerprint density at radius 1 is 1.21 bits per heavy atom. The highest BCUT2D eigenvalue weighted by Crippen LogP contribution is 2.16. The maximum atomic E-state index is 12.6. The first kappa shape index (κ1) is 18.6. The van der Waals surface area contributed by atoms with Gasteiger partial charge in [0.2, 0.25) is 10.0 Å². The van der Waals surface area contributed by atoms with Crippen LogP contribution >= 0.6 is 11.3 Å². The van der Waals surface area contributed by atoms with Crippen molar-refractivity contribution < 1.29 is 13.2 Å². The van der Waals surface area contributed by atoms with Crippen LogP contribution in [0.4, 0.5) is 0 Å². The van der Waals surface area contributed by atoms with E-state index in [2.05, 4.69) is 4.72 Å². The molecule has 1 N–H and O–H groups in total. The van der Waals surface area contributed by atoms with E-state index in [0.29, 0.717) is 18.7 Å².